The summed E-state index contributed by atoms with van der Waals surface area (Å²) in [5.41, 5.74) is 4.22. The minimum atomic E-state index is -0.224. The van der Waals surface area contributed by atoms with Gasteiger partial charge in [0, 0.05) is 22.4 Å². The molecule has 0 radical (unpaired) electrons. The van der Waals surface area contributed by atoms with Crippen LogP contribution in [0, 0.1) is 6.92 Å². The number of nitrogens with one attached hydrogen (secondary N) is 1. The van der Waals surface area contributed by atoms with Gasteiger partial charge in [-0.15, -0.1) is 0 Å². The number of benzene rings is 3. The van der Waals surface area contributed by atoms with Gasteiger partial charge in [-0.05, 0) is 60.7 Å². The summed E-state index contributed by atoms with van der Waals surface area (Å²) in [7, 11) is 0. The Hall–Kier alpha value is -2.76. The van der Waals surface area contributed by atoms with E-state index in [9.17, 15) is 4.79 Å². The van der Waals surface area contributed by atoms with Crippen LogP contribution in [-0.2, 0) is 0 Å². The molecule has 0 saturated carbocycles. The highest BCUT2D eigenvalue weighted by atomic mass is 35.5. The molecule has 6 heteroatoms. The lowest BCUT2D eigenvalue weighted by atomic mass is 9.86. The first-order chi connectivity index (χ1) is 15.6. The average molecular weight is 466 g/mol. The van der Waals surface area contributed by atoms with Crippen LogP contribution < -0.4 is 4.72 Å². The second-order valence-corrected chi connectivity index (χ2v) is 8.51. The number of nitrogens with zero attached hydrogens (tertiary/aromatic N) is 2. The van der Waals surface area contributed by atoms with Crippen LogP contribution in [0.4, 0.5) is 4.79 Å². The Labute approximate surface area is 199 Å². The van der Waals surface area contributed by atoms with Gasteiger partial charge in [0.2, 0.25) is 0 Å². The van der Waals surface area contributed by atoms with E-state index >= 15 is 0 Å². The number of carbonyl (C=O) groups excluding carboxylic acids is 1. The predicted molar refractivity (Wildman–Crippen MR) is 135 cm³/mol. The lowest BCUT2D eigenvalue weighted by molar-refractivity contribution is 0.202. The Morgan fingerprint density at radius 2 is 1.66 bits per heavy atom. The van der Waals surface area contributed by atoms with Gasteiger partial charge in [0.1, 0.15) is 0 Å². The SMILES string of the molecule is CC.Cc1ccc(SNC(=O)N2CCC(c3ccccc3)C(c3ccc(Cl)cc3)=N2)cc1. The van der Waals surface area contributed by atoms with Crippen molar-refractivity contribution >= 4 is 35.3 Å². The molecule has 0 spiro atoms. The molecule has 0 fully saturated rings. The summed E-state index contributed by atoms with van der Waals surface area (Å²) in [6.07, 6.45) is 0.800. The number of carbonyl (C=O) groups is 1. The van der Waals surface area contributed by atoms with Crippen molar-refractivity contribution in [2.45, 2.75) is 38.0 Å². The number of hydrazone groups is 1. The molecule has 1 unspecified atom stereocenters. The highest BCUT2D eigenvalue weighted by molar-refractivity contribution is 7.98. The topological polar surface area (TPSA) is 44.7 Å². The molecule has 4 nitrogen and oxygen atoms in total. The molecule has 0 aliphatic carbocycles. The van der Waals surface area contributed by atoms with Gasteiger partial charge < -0.3 is 0 Å². The zero-order chi connectivity index (χ0) is 22.9. The van der Waals surface area contributed by atoms with Crippen LogP contribution in [0.1, 0.15) is 42.9 Å². The number of rotatable bonds is 4. The number of aryl methyl sites for hydroxylation is 1. The molecule has 1 atom stereocenters. The first-order valence-electron chi connectivity index (χ1n) is 10.8. The van der Waals surface area contributed by atoms with Crippen molar-refractivity contribution in [2.24, 2.45) is 5.10 Å². The zero-order valence-corrected chi connectivity index (χ0v) is 20.2. The minimum absolute atomic E-state index is 0.126. The van der Waals surface area contributed by atoms with Crippen molar-refractivity contribution in [2.75, 3.05) is 6.54 Å². The first kappa shape index (κ1) is 23.9. The van der Waals surface area contributed by atoms with E-state index in [0.717, 1.165) is 22.6 Å². The molecule has 2 amide bonds. The Morgan fingerprint density at radius 1 is 1.00 bits per heavy atom. The Morgan fingerprint density at radius 3 is 2.31 bits per heavy atom. The highest BCUT2D eigenvalue weighted by Gasteiger charge is 2.28. The highest BCUT2D eigenvalue weighted by Crippen LogP contribution is 2.30. The normalized spacial score (nSPS) is 15.3. The van der Waals surface area contributed by atoms with Gasteiger partial charge in [0.15, 0.2) is 0 Å². The fourth-order valence-corrected chi connectivity index (χ4v) is 4.14. The monoisotopic (exact) mass is 465 g/mol. The maximum Gasteiger partial charge on any atom is 0.348 e. The molecule has 4 rings (SSSR count). The van der Waals surface area contributed by atoms with Crippen LogP contribution >= 0.6 is 23.5 Å². The van der Waals surface area contributed by atoms with Gasteiger partial charge in [0.25, 0.3) is 0 Å². The average Bonchev–Trinajstić information content (AvgIpc) is 2.85. The van der Waals surface area contributed by atoms with Crippen molar-refractivity contribution in [3.05, 3.63) is 101 Å². The number of hydrogen-bond donors (Lipinski definition) is 1. The smallest absolute Gasteiger partial charge is 0.276 e. The minimum Gasteiger partial charge on any atom is -0.276 e. The van der Waals surface area contributed by atoms with Crippen molar-refractivity contribution in [1.82, 2.24) is 9.73 Å². The lowest BCUT2D eigenvalue weighted by Gasteiger charge is -2.30. The molecule has 0 saturated heterocycles. The van der Waals surface area contributed by atoms with Gasteiger partial charge in [0.05, 0.1) is 5.71 Å². The summed E-state index contributed by atoms with van der Waals surface area (Å²) >= 11 is 7.37. The number of urea groups is 1. The van der Waals surface area contributed by atoms with E-state index < -0.39 is 0 Å². The number of halogens is 1. The molecule has 1 aliphatic heterocycles. The van der Waals surface area contributed by atoms with E-state index in [1.807, 2.05) is 87.5 Å². The molecule has 3 aromatic carbocycles. The quantitative estimate of drug-likeness (QED) is 0.411. The lowest BCUT2D eigenvalue weighted by Crippen LogP contribution is -2.39. The van der Waals surface area contributed by atoms with Crippen LogP contribution in [0.15, 0.2) is 88.9 Å². The zero-order valence-electron chi connectivity index (χ0n) is 18.6. The molecule has 1 N–H and O–H groups in total. The van der Waals surface area contributed by atoms with Gasteiger partial charge in [-0.1, -0.05) is 85.6 Å². The summed E-state index contributed by atoms with van der Waals surface area (Å²) in [6, 6.07) is 25.7. The van der Waals surface area contributed by atoms with Crippen molar-refractivity contribution in [1.29, 1.82) is 0 Å². The van der Waals surface area contributed by atoms with Crippen LogP contribution in [0.3, 0.4) is 0 Å². The number of hydrogen-bond acceptors (Lipinski definition) is 3. The molecule has 166 valence electrons. The first-order valence-corrected chi connectivity index (χ1v) is 12.0. The summed E-state index contributed by atoms with van der Waals surface area (Å²) in [5.74, 6) is 0.126. The largest absolute Gasteiger partial charge is 0.348 e. The van der Waals surface area contributed by atoms with Gasteiger partial charge in [-0.2, -0.15) is 5.10 Å². The third-order valence-corrected chi connectivity index (χ3v) is 6.08. The molecule has 0 bridgehead atoms. The van der Waals surface area contributed by atoms with Crippen LogP contribution in [0.2, 0.25) is 5.02 Å². The van der Waals surface area contributed by atoms with E-state index in [-0.39, 0.29) is 11.9 Å². The Balaban J connectivity index is 0.00000141. The van der Waals surface area contributed by atoms with Crippen LogP contribution in [0.25, 0.3) is 0 Å². The maximum absolute atomic E-state index is 12.8. The van der Waals surface area contributed by atoms with Gasteiger partial charge >= 0.3 is 6.03 Å². The molecule has 1 heterocycles. The standard InChI is InChI=1S/C24H22ClN3OS.C2H6/c1-17-7-13-21(14-8-17)30-27-24(29)28-16-15-22(18-5-3-2-4-6-18)23(26-28)19-9-11-20(25)12-10-19;1-2/h2-14,22H,15-16H2,1H3,(H,27,29);1-2H3. The van der Waals surface area contributed by atoms with E-state index in [0.29, 0.717) is 11.6 Å². The maximum atomic E-state index is 12.8. The summed E-state index contributed by atoms with van der Waals surface area (Å²) in [6.45, 7) is 6.59. The molecular formula is C26H28ClN3OS. The second kappa shape index (κ2) is 11.7. The van der Waals surface area contributed by atoms with Crippen molar-refractivity contribution in [3.8, 4) is 0 Å². The van der Waals surface area contributed by atoms with Gasteiger partial charge in [-0.3, -0.25) is 4.72 Å². The molecule has 0 aromatic heterocycles. The van der Waals surface area contributed by atoms with E-state index in [4.69, 9.17) is 16.7 Å². The van der Waals surface area contributed by atoms with Crippen molar-refractivity contribution < 1.29 is 4.79 Å². The number of amides is 2. The Kier molecular flexibility index (Phi) is 8.77. The molecule has 1 aliphatic rings. The molecule has 32 heavy (non-hydrogen) atoms. The summed E-state index contributed by atoms with van der Waals surface area (Å²) in [4.78, 5) is 13.8. The van der Waals surface area contributed by atoms with Crippen LogP contribution in [-0.4, -0.2) is 23.3 Å². The molecule has 3 aromatic rings. The summed E-state index contributed by atoms with van der Waals surface area (Å²) < 4.78 is 2.90. The predicted octanol–water partition coefficient (Wildman–Crippen LogP) is 7.29. The fourth-order valence-electron chi connectivity index (χ4n) is 3.44. The second-order valence-electron chi connectivity index (χ2n) is 7.19. The Bertz CT molecular complexity index is 1040. The third kappa shape index (κ3) is 6.15. The summed E-state index contributed by atoms with van der Waals surface area (Å²) in [5, 5.41) is 6.94. The van der Waals surface area contributed by atoms with E-state index in [1.165, 1.54) is 28.1 Å². The van der Waals surface area contributed by atoms with E-state index in [2.05, 4.69) is 16.9 Å². The molecular weight excluding hydrogens is 438 g/mol. The fraction of sp³-hybridized carbons (Fsp3) is 0.231. The van der Waals surface area contributed by atoms with E-state index in [1.54, 1.807) is 0 Å². The van der Waals surface area contributed by atoms with Crippen molar-refractivity contribution in [3.63, 3.8) is 0 Å². The van der Waals surface area contributed by atoms with Crippen LogP contribution in [0.5, 0.6) is 0 Å². The van der Waals surface area contributed by atoms with Gasteiger partial charge in [-0.25, -0.2) is 9.80 Å². The third-order valence-electron chi connectivity index (χ3n) is 5.04.